The Morgan fingerprint density at radius 1 is 1.48 bits per heavy atom. The van der Waals surface area contributed by atoms with Gasteiger partial charge in [-0.2, -0.15) is 0 Å². The molecule has 0 aliphatic heterocycles. The minimum absolute atomic E-state index is 0.143. The summed E-state index contributed by atoms with van der Waals surface area (Å²) in [6, 6.07) is 4.00. The van der Waals surface area contributed by atoms with Gasteiger partial charge in [-0.1, -0.05) is 11.8 Å². The second kappa shape index (κ2) is 6.57. The molecule has 8 heteroatoms. The minimum Gasteiger partial charge on any atom is -0.481 e. The molecule has 0 unspecified atom stereocenters. The predicted octanol–water partition coefficient (Wildman–Crippen LogP) is 1.92. The molecular formula is C13H13FN2O4S. The molecule has 1 aromatic heterocycles. The second-order valence-corrected chi connectivity index (χ2v) is 5.04. The maximum absolute atomic E-state index is 13.4. The van der Waals surface area contributed by atoms with Crippen molar-refractivity contribution in [3.63, 3.8) is 0 Å². The highest BCUT2D eigenvalue weighted by Gasteiger charge is 2.16. The number of rotatable bonds is 6. The van der Waals surface area contributed by atoms with Crippen molar-refractivity contribution >= 4 is 34.7 Å². The van der Waals surface area contributed by atoms with Crippen molar-refractivity contribution in [2.45, 2.75) is 18.6 Å². The number of aliphatic carboxylic acids is 1. The number of hydrogen-bond donors (Lipinski definition) is 1. The average molecular weight is 312 g/mol. The van der Waals surface area contributed by atoms with Crippen molar-refractivity contribution in [2.75, 3.05) is 12.4 Å². The number of carbonyl (C=O) groups excluding carboxylic acids is 1. The predicted molar refractivity (Wildman–Crippen MR) is 74.7 cm³/mol. The first-order valence-corrected chi connectivity index (χ1v) is 7.15. The largest absolute Gasteiger partial charge is 0.481 e. The van der Waals surface area contributed by atoms with Gasteiger partial charge in [0.15, 0.2) is 5.16 Å². The number of carbonyl (C=O) groups is 2. The highest BCUT2D eigenvalue weighted by Crippen LogP contribution is 2.24. The molecule has 0 amide bonds. The Morgan fingerprint density at radius 2 is 2.24 bits per heavy atom. The molecule has 0 saturated carbocycles. The number of carboxylic acids is 1. The van der Waals surface area contributed by atoms with Gasteiger partial charge in [0.25, 0.3) is 0 Å². The standard InChI is InChI=1S/C13H13FN2O4S/c1-2-20-12(19)6-16-10-5-8(14)3-4-9(10)15-13(16)21-7-11(17)18/h3-5H,2,6-7H2,1H3,(H,17,18). The van der Waals surface area contributed by atoms with E-state index in [0.29, 0.717) is 16.2 Å². The highest BCUT2D eigenvalue weighted by molar-refractivity contribution is 7.99. The lowest BCUT2D eigenvalue weighted by Crippen LogP contribution is -2.14. The number of carboxylic acid groups (broad SMARTS) is 1. The van der Waals surface area contributed by atoms with Gasteiger partial charge in [-0.05, 0) is 25.1 Å². The molecule has 112 valence electrons. The molecule has 21 heavy (non-hydrogen) atoms. The first kappa shape index (κ1) is 15.3. The van der Waals surface area contributed by atoms with E-state index in [9.17, 15) is 14.0 Å². The summed E-state index contributed by atoms with van der Waals surface area (Å²) in [7, 11) is 0. The fourth-order valence-electron chi connectivity index (χ4n) is 1.80. The van der Waals surface area contributed by atoms with Gasteiger partial charge in [0.1, 0.15) is 12.4 Å². The number of nitrogens with zero attached hydrogens (tertiary/aromatic N) is 2. The van der Waals surface area contributed by atoms with E-state index in [1.54, 1.807) is 6.92 Å². The summed E-state index contributed by atoms with van der Waals surface area (Å²) in [6.45, 7) is 1.77. The molecule has 0 spiro atoms. The molecular weight excluding hydrogens is 299 g/mol. The summed E-state index contributed by atoms with van der Waals surface area (Å²) in [5.41, 5.74) is 0.921. The van der Waals surface area contributed by atoms with Gasteiger partial charge in [-0.25, -0.2) is 9.37 Å². The summed E-state index contributed by atoms with van der Waals surface area (Å²) in [6.07, 6.45) is 0. The Labute approximate surface area is 123 Å². The molecule has 1 heterocycles. The van der Waals surface area contributed by atoms with Crippen LogP contribution in [-0.4, -0.2) is 39.0 Å². The number of thioether (sulfide) groups is 1. The Bertz CT molecular complexity index is 686. The molecule has 2 aromatic rings. The molecule has 6 nitrogen and oxygen atoms in total. The average Bonchev–Trinajstić information content (AvgIpc) is 2.74. The summed E-state index contributed by atoms with van der Waals surface area (Å²) >= 11 is 0.969. The third-order valence-electron chi connectivity index (χ3n) is 2.59. The van der Waals surface area contributed by atoms with Crippen LogP contribution in [0.25, 0.3) is 11.0 Å². The van der Waals surface area contributed by atoms with Gasteiger partial charge in [0.05, 0.1) is 23.4 Å². The van der Waals surface area contributed by atoms with Gasteiger partial charge in [-0.3, -0.25) is 9.59 Å². The van der Waals surface area contributed by atoms with Crippen LogP contribution in [0.4, 0.5) is 4.39 Å². The monoisotopic (exact) mass is 312 g/mol. The Morgan fingerprint density at radius 3 is 2.90 bits per heavy atom. The van der Waals surface area contributed by atoms with E-state index in [0.717, 1.165) is 11.8 Å². The molecule has 0 aliphatic carbocycles. The van der Waals surface area contributed by atoms with Gasteiger partial charge in [0.2, 0.25) is 0 Å². The van der Waals surface area contributed by atoms with Crippen molar-refractivity contribution in [1.82, 2.24) is 9.55 Å². The second-order valence-electron chi connectivity index (χ2n) is 4.10. The molecule has 1 N–H and O–H groups in total. The topological polar surface area (TPSA) is 81.4 Å². The molecule has 0 fully saturated rings. The van der Waals surface area contributed by atoms with Crippen molar-refractivity contribution in [1.29, 1.82) is 0 Å². The van der Waals surface area contributed by atoms with Crippen LogP contribution in [-0.2, 0) is 20.9 Å². The van der Waals surface area contributed by atoms with Gasteiger partial charge < -0.3 is 14.4 Å². The van der Waals surface area contributed by atoms with Crippen LogP contribution in [0.2, 0.25) is 0 Å². The highest BCUT2D eigenvalue weighted by atomic mass is 32.2. The first-order chi connectivity index (χ1) is 10.0. The quantitative estimate of drug-likeness (QED) is 0.648. The van der Waals surface area contributed by atoms with Gasteiger partial charge in [-0.15, -0.1) is 0 Å². The molecule has 0 aliphatic rings. The summed E-state index contributed by atoms with van der Waals surface area (Å²) in [4.78, 5) is 26.5. The number of halogens is 1. The van der Waals surface area contributed by atoms with Crippen LogP contribution in [0.3, 0.4) is 0 Å². The van der Waals surface area contributed by atoms with Crippen LogP contribution < -0.4 is 0 Å². The van der Waals surface area contributed by atoms with Crippen LogP contribution in [0.5, 0.6) is 0 Å². The van der Waals surface area contributed by atoms with E-state index in [2.05, 4.69) is 4.98 Å². The SMILES string of the molecule is CCOC(=O)Cn1c(SCC(=O)O)nc2ccc(F)cc21. The number of fused-ring (bicyclic) bond motifs is 1. The lowest BCUT2D eigenvalue weighted by atomic mass is 10.3. The molecule has 1 aromatic carbocycles. The fourth-order valence-corrected chi connectivity index (χ4v) is 2.53. The van der Waals surface area contributed by atoms with Crippen molar-refractivity contribution < 1.29 is 23.8 Å². The fraction of sp³-hybridized carbons (Fsp3) is 0.308. The Kier molecular flexibility index (Phi) is 4.79. The van der Waals surface area contributed by atoms with Crippen molar-refractivity contribution in [3.05, 3.63) is 24.0 Å². The van der Waals surface area contributed by atoms with Crippen LogP contribution in [0, 0.1) is 5.82 Å². The molecule has 0 saturated heterocycles. The molecule has 2 rings (SSSR count). The number of ether oxygens (including phenoxy) is 1. The van der Waals surface area contributed by atoms with E-state index >= 15 is 0 Å². The van der Waals surface area contributed by atoms with E-state index in [4.69, 9.17) is 9.84 Å². The zero-order chi connectivity index (χ0) is 15.4. The maximum Gasteiger partial charge on any atom is 0.326 e. The maximum atomic E-state index is 13.4. The van der Waals surface area contributed by atoms with Gasteiger partial charge >= 0.3 is 11.9 Å². The number of esters is 1. The lowest BCUT2D eigenvalue weighted by molar-refractivity contribution is -0.143. The van der Waals surface area contributed by atoms with Crippen LogP contribution in [0.15, 0.2) is 23.4 Å². The van der Waals surface area contributed by atoms with Crippen LogP contribution in [0.1, 0.15) is 6.92 Å². The summed E-state index contributed by atoms with van der Waals surface area (Å²) < 4.78 is 19.7. The lowest BCUT2D eigenvalue weighted by Gasteiger charge is -2.07. The number of hydrogen-bond acceptors (Lipinski definition) is 5. The van der Waals surface area contributed by atoms with E-state index < -0.39 is 17.8 Å². The van der Waals surface area contributed by atoms with E-state index in [1.165, 1.54) is 22.8 Å². The molecule has 0 atom stereocenters. The third-order valence-corrected chi connectivity index (χ3v) is 3.55. The number of benzene rings is 1. The zero-order valence-electron chi connectivity index (χ0n) is 11.2. The summed E-state index contributed by atoms with van der Waals surface area (Å²) in [5, 5.41) is 9.08. The van der Waals surface area contributed by atoms with Gasteiger partial charge in [0, 0.05) is 0 Å². The minimum atomic E-state index is -0.999. The van der Waals surface area contributed by atoms with Crippen LogP contribution >= 0.6 is 11.8 Å². The smallest absolute Gasteiger partial charge is 0.326 e. The van der Waals surface area contributed by atoms with Crippen molar-refractivity contribution in [2.24, 2.45) is 0 Å². The number of aromatic nitrogens is 2. The Balaban J connectivity index is 2.40. The molecule has 0 bridgehead atoms. The van der Waals surface area contributed by atoms with Crippen molar-refractivity contribution in [3.8, 4) is 0 Å². The zero-order valence-corrected chi connectivity index (χ0v) is 12.0. The Hall–Kier alpha value is -2.09. The third kappa shape index (κ3) is 3.72. The summed E-state index contributed by atoms with van der Waals surface area (Å²) in [5.74, 6) is -2.14. The van der Waals surface area contributed by atoms with E-state index in [1.807, 2.05) is 0 Å². The van der Waals surface area contributed by atoms with E-state index in [-0.39, 0.29) is 18.9 Å². The normalized spacial score (nSPS) is 10.8. The first-order valence-electron chi connectivity index (χ1n) is 6.17. The molecule has 0 radical (unpaired) electrons. The number of imidazole rings is 1.